The van der Waals surface area contributed by atoms with Gasteiger partial charge in [0.1, 0.15) is 17.6 Å². The molecule has 2 heterocycles. The molecule has 43 heavy (non-hydrogen) atoms. The van der Waals surface area contributed by atoms with Gasteiger partial charge in [-0.1, -0.05) is 6.92 Å². The first kappa shape index (κ1) is 34.7. The average Bonchev–Trinajstić information content (AvgIpc) is 3.41. The van der Waals surface area contributed by atoms with Crippen LogP contribution in [0.25, 0.3) is 0 Å². The van der Waals surface area contributed by atoms with E-state index >= 15 is 0 Å². The highest BCUT2D eigenvalue weighted by atomic mass is 32.1. The summed E-state index contributed by atoms with van der Waals surface area (Å²) in [5.74, 6) is 0.868. The van der Waals surface area contributed by atoms with E-state index in [9.17, 15) is 10.1 Å². The molecule has 0 radical (unpaired) electrons. The maximum atomic E-state index is 11.0. The van der Waals surface area contributed by atoms with Crippen molar-refractivity contribution >= 4 is 41.4 Å². The predicted octanol–water partition coefficient (Wildman–Crippen LogP) is 8.64. The summed E-state index contributed by atoms with van der Waals surface area (Å²) in [7, 11) is 0.350. The summed E-state index contributed by atoms with van der Waals surface area (Å²) in [6, 6.07) is 6.70. The number of thiazole rings is 1. The van der Waals surface area contributed by atoms with Crippen LogP contribution in [0.5, 0.6) is 5.75 Å². The molecule has 0 bridgehead atoms. The first-order valence-electron chi connectivity index (χ1n) is 14.6. The Morgan fingerprint density at radius 3 is 2.53 bits per heavy atom. The van der Waals surface area contributed by atoms with Gasteiger partial charge in [-0.15, -0.1) is 10.2 Å². The molecule has 0 spiro atoms. The van der Waals surface area contributed by atoms with Crippen LogP contribution in [0.3, 0.4) is 0 Å². The van der Waals surface area contributed by atoms with Gasteiger partial charge in [0.15, 0.2) is 0 Å². The molecule has 236 valence electrons. The lowest BCUT2D eigenvalue weighted by Gasteiger charge is -2.48. The Hall–Kier alpha value is -2.75. The first-order valence-corrected chi connectivity index (χ1v) is 16.6. The monoisotopic (exact) mass is 633 g/mol. The van der Waals surface area contributed by atoms with E-state index in [1.165, 1.54) is 6.20 Å². The Labute approximate surface area is 260 Å². The SMILES string of the molecule is COc1cc2c(cc1/N=N/c1ncc([N+](=O)[O-])s1)C(C)CC(C)(C)N2CCCCOP(OCCC#N)N(C(C)C)C(C)C. The van der Waals surface area contributed by atoms with Gasteiger partial charge in [-0.05, 0) is 89.7 Å². The number of benzene rings is 1. The minimum absolute atomic E-state index is 0.0692. The number of nitro groups is 1. The van der Waals surface area contributed by atoms with Crippen LogP contribution in [-0.4, -0.2) is 59.1 Å². The fourth-order valence-electron chi connectivity index (χ4n) is 5.47. The molecule has 2 atom stereocenters. The topological polar surface area (TPSA) is 139 Å². The molecule has 1 aliphatic rings. The number of unbranched alkanes of at least 4 members (excludes halogenated alkanes) is 1. The number of hydrogen-bond donors (Lipinski definition) is 0. The van der Waals surface area contributed by atoms with Gasteiger partial charge in [0.05, 0.1) is 37.7 Å². The van der Waals surface area contributed by atoms with E-state index in [1.807, 2.05) is 12.1 Å². The van der Waals surface area contributed by atoms with E-state index in [0.29, 0.717) is 31.1 Å². The third-order valence-electron chi connectivity index (χ3n) is 7.23. The van der Waals surface area contributed by atoms with Crippen molar-refractivity contribution in [2.45, 2.75) is 97.7 Å². The molecule has 0 amide bonds. The maximum Gasteiger partial charge on any atom is 0.345 e. The Kier molecular flexibility index (Phi) is 12.8. The molecule has 0 aliphatic carbocycles. The van der Waals surface area contributed by atoms with Crippen LogP contribution in [0.4, 0.5) is 21.5 Å². The number of azo groups is 1. The zero-order chi connectivity index (χ0) is 31.7. The molecule has 2 aromatic rings. The Bertz CT molecular complexity index is 1290. The molecule has 1 aromatic heterocycles. The van der Waals surface area contributed by atoms with Gasteiger partial charge in [0, 0.05) is 35.9 Å². The van der Waals surface area contributed by atoms with E-state index in [2.05, 4.69) is 79.3 Å². The van der Waals surface area contributed by atoms with Crippen molar-refractivity contribution in [3.63, 3.8) is 0 Å². The number of ether oxygens (including phenoxy) is 1. The van der Waals surface area contributed by atoms with Crippen molar-refractivity contribution < 1.29 is 18.7 Å². The molecule has 0 saturated carbocycles. The van der Waals surface area contributed by atoms with Crippen molar-refractivity contribution in [1.82, 2.24) is 9.65 Å². The minimum Gasteiger partial charge on any atom is -0.494 e. The summed E-state index contributed by atoms with van der Waals surface area (Å²) in [6.07, 6.45) is 4.28. The molecule has 14 heteroatoms. The molecule has 0 fully saturated rings. The van der Waals surface area contributed by atoms with Crippen LogP contribution in [0, 0.1) is 21.4 Å². The molecule has 3 rings (SSSR count). The number of fused-ring (bicyclic) bond motifs is 1. The van der Waals surface area contributed by atoms with Crippen molar-refractivity contribution in [3.8, 4) is 11.8 Å². The number of anilines is 1. The lowest BCUT2D eigenvalue weighted by molar-refractivity contribution is -0.380. The summed E-state index contributed by atoms with van der Waals surface area (Å²) < 4.78 is 20.3. The third-order valence-corrected chi connectivity index (χ3v) is 10.2. The summed E-state index contributed by atoms with van der Waals surface area (Å²) in [6.45, 7) is 17.1. The van der Waals surface area contributed by atoms with Crippen LogP contribution in [0.15, 0.2) is 28.6 Å². The minimum atomic E-state index is -1.25. The van der Waals surface area contributed by atoms with Gasteiger partial charge in [0.25, 0.3) is 8.53 Å². The van der Waals surface area contributed by atoms with E-state index < -0.39 is 13.4 Å². The summed E-state index contributed by atoms with van der Waals surface area (Å²) >= 11 is 0.875. The van der Waals surface area contributed by atoms with Crippen molar-refractivity contribution in [2.75, 3.05) is 31.8 Å². The fourth-order valence-corrected chi connectivity index (χ4v) is 7.66. The van der Waals surface area contributed by atoms with Crippen molar-refractivity contribution in [2.24, 2.45) is 10.2 Å². The van der Waals surface area contributed by atoms with Crippen LogP contribution < -0.4 is 9.64 Å². The van der Waals surface area contributed by atoms with E-state index in [4.69, 9.17) is 19.0 Å². The lowest BCUT2D eigenvalue weighted by atomic mass is 9.79. The van der Waals surface area contributed by atoms with Crippen LogP contribution in [0.1, 0.15) is 85.6 Å². The number of nitrogens with zero attached hydrogens (tertiary/aromatic N) is 7. The zero-order valence-corrected chi connectivity index (χ0v) is 28.2. The number of rotatable bonds is 16. The molecular weight excluding hydrogens is 589 g/mol. The number of aromatic nitrogens is 1. The van der Waals surface area contributed by atoms with Gasteiger partial charge in [-0.2, -0.15) is 5.26 Å². The summed E-state index contributed by atoms with van der Waals surface area (Å²) in [4.78, 5) is 16.9. The third kappa shape index (κ3) is 9.13. The second-order valence-corrected chi connectivity index (χ2v) is 14.1. The largest absolute Gasteiger partial charge is 0.494 e. The van der Waals surface area contributed by atoms with Gasteiger partial charge in [-0.25, -0.2) is 9.65 Å². The fraction of sp³-hybridized carbons (Fsp3) is 0.655. The summed E-state index contributed by atoms with van der Waals surface area (Å²) in [5, 5.41) is 28.6. The predicted molar refractivity (Wildman–Crippen MR) is 171 cm³/mol. The Balaban J connectivity index is 1.73. The maximum absolute atomic E-state index is 11.0. The van der Waals surface area contributed by atoms with Gasteiger partial charge < -0.3 is 18.7 Å². The van der Waals surface area contributed by atoms with Crippen molar-refractivity contribution in [3.05, 3.63) is 34.0 Å². The molecule has 1 aliphatic heterocycles. The van der Waals surface area contributed by atoms with Crippen LogP contribution >= 0.6 is 19.9 Å². The molecular formula is C29H44N7O5PS. The van der Waals surface area contributed by atoms with Gasteiger partial charge in [-0.3, -0.25) is 10.1 Å². The Morgan fingerprint density at radius 2 is 1.93 bits per heavy atom. The highest BCUT2D eigenvalue weighted by molar-refractivity contribution is 7.44. The number of nitriles is 1. The second kappa shape index (κ2) is 15.8. The van der Waals surface area contributed by atoms with E-state index in [0.717, 1.165) is 48.4 Å². The van der Waals surface area contributed by atoms with Crippen LogP contribution in [-0.2, 0) is 9.05 Å². The molecule has 0 N–H and O–H groups in total. The van der Waals surface area contributed by atoms with E-state index in [-0.39, 0.29) is 33.7 Å². The number of hydrogen-bond acceptors (Lipinski definition) is 12. The molecule has 12 nitrogen and oxygen atoms in total. The van der Waals surface area contributed by atoms with E-state index in [1.54, 1.807) is 7.11 Å². The zero-order valence-electron chi connectivity index (χ0n) is 26.4. The molecule has 0 saturated heterocycles. The Morgan fingerprint density at radius 1 is 1.23 bits per heavy atom. The van der Waals surface area contributed by atoms with Gasteiger partial charge >= 0.3 is 5.00 Å². The normalized spacial score (nSPS) is 17.1. The molecule has 2 unspecified atom stereocenters. The highest BCUT2D eigenvalue weighted by Gasteiger charge is 2.37. The number of methoxy groups -OCH3 is 1. The van der Waals surface area contributed by atoms with Crippen LogP contribution in [0.2, 0.25) is 0 Å². The second-order valence-electron chi connectivity index (χ2n) is 11.7. The summed E-state index contributed by atoms with van der Waals surface area (Å²) in [5.41, 5.74) is 2.76. The standard InChI is InChI=1S/C29H44N7O5PS/c1-20(2)35(21(3)4)42(41-15-11-12-30)40-14-10-9-13-34-25-17-26(39-8)24(16-23(25)22(5)18-29(34,6)7)32-33-28-31-19-27(43-28)36(37)38/h16-17,19-22H,9-11,13-15,18H2,1-8H3/b33-32+. The quantitative estimate of drug-likeness (QED) is 0.0584. The molecule has 1 aromatic carbocycles. The smallest absolute Gasteiger partial charge is 0.345 e. The first-order chi connectivity index (χ1) is 20.4. The van der Waals surface area contributed by atoms with Crippen molar-refractivity contribution in [1.29, 1.82) is 5.26 Å². The average molecular weight is 634 g/mol. The lowest BCUT2D eigenvalue weighted by Crippen LogP contribution is -2.48. The highest BCUT2D eigenvalue weighted by Crippen LogP contribution is 2.49. The van der Waals surface area contributed by atoms with Gasteiger partial charge in [0.2, 0.25) is 5.13 Å².